The number of nitrogens with zero attached hydrogens (tertiary/aromatic N) is 1. The van der Waals surface area contributed by atoms with E-state index in [9.17, 15) is 18.0 Å². The molecule has 0 bridgehead atoms. The zero-order valence-electron chi connectivity index (χ0n) is 12.1. The highest BCUT2D eigenvalue weighted by molar-refractivity contribution is 5.94. The third-order valence-electron chi connectivity index (χ3n) is 4.00. The molecule has 0 saturated carbocycles. The van der Waals surface area contributed by atoms with Gasteiger partial charge in [-0.3, -0.25) is 9.78 Å². The van der Waals surface area contributed by atoms with Gasteiger partial charge in [0.2, 0.25) is 0 Å². The van der Waals surface area contributed by atoms with Gasteiger partial charge < -0.3 is 15.2 Å². The lowest BCUT2D eigenvalue weighted by molar-refractivity contribution is -0.272. The Morgan fingerprint density at radius 1 is 1.55 bits per heavy atom. The van der Waals surface area contributed by atoms with Crippen LogP contribution in [0.2, 0.25) is 0 Å². The molecule has 0 aliphatic carbocycles. The highest BCUT2D eigenvalue weighted by atomic mass is 19.4. The van der Waals surface area contributed by atoms with Crippen LogP contribution in [0.1, 0.15) is 26.0 Å². The van der Waals surface area contributed by atoms with E-state index in [1.165, 1.54) is 25.3 Å². The molecule has 1 aliphatic heterocycles. The number of amides is 1. The van der Waals surface area contributed by atoms with Gasteiger partial charge >= 0.3 is 6.18 Å². The SMILES string of the molecule is C[C@H]1CC(C(=O)Nc2ccc(CO)nc2)O[C@@]1(C)C(F)(F)F. The smallest absolute Gasteiger partial charge is 0.390 e. The largest absolute Gasteiger partial charge is 0.417 e. The zero-order chi connectivity index (χ0) is 16.5. The van der Waals surface area contributed by atoms with Crippen LogP contribution in [0.15, 0.2) is 18.3 Å². The third-order valence-corrected chi connectivity index (χ3v) is 4.00. The molecule has 1 aromatic rings. The zero-order valence-corrected chi connectivity index (χ0v) is 12.1. The Hall–Kier alpha value is -1.67. The van der Waals surface area contributed by atoms with Crippen LogP contribution in [0.3, 0.4) is 0 Å². The number of alkyl halides is 3. The molecule has 3 atom stereocenters. The van der Waals surface area contributed by atoms with E-state index < -0.39 is 29.7 Å². The molecule has 1 aliphatic rings. The summed E-state index contributed by atoms with van der Waals surface area (Å²) in [6.45, 7) is 2.14. The van der Waals surface area contributed by atoms with Crippen LogP contribution < -0.4 is 5.32 Å². The number of carbonyl (C=O) groups excluding carboxylic acids is 1. The van der Waals surface area contributed by atoms with Gasteiger partial charge in [-0.1, -0.05) is 6.92 Å². The van der Waals surface area contributed by atoms with Crippen LogP contribution in [0.4, 0.5) is 18.9 Å². The standard InChI is InChI=1S/C14H17F3N2O3/c1-8-5-11(22-13(8,2)14(15,16)17)12(21)19-9-3-4-10(7-20)18-6-9/h3-4,6,8,11,20H,5,7H2,1-2H3,(H,19,21)/t8-,11?,13+/m0/s1. The van der Waals surface area contributed by atoms with Gasteiger partial charge in [0.05, 0.1) is 24.2 Å². The topological polar surface area (TPSA) is 71.5 Å². The molecule has 8 heteroatoms. The van der Waals surface area contributed by atoms with Gasteiger partial charge in [-0.15, -0.1) is 0 Å². The van der Waals surface area contributed by atoms with Crippen molar-refractivity contribution in [2.24, 2.45) is 5.92 Å². The maximum Gasteiger partial charge on any atom is 0.417 e. The average Bonchev–Trinajstić information content (AvgIpc) is 2.77. The van der Waals surface area contributed by atoms with E-state index >= 15 is 0 Å². The van der Waals surface area contributed by atoms with Crippen molar-refractivity contribution < 1.29 is 27.8 Å². The Morgan fingerprint density at radius 3 is 2.68 bits per heavy atom. The summed E-state index contributed by atoms with van der Waals surface area (Å²) in [5.74, 6) is -1.46. The molecule has 22 heavy (non-hydrogen) atoms. The molecule has 1 amide bonds. The van der Waals surface area contributed by atoms with Crippen molar-refractivity contribution in [2.75, 3.05) is 5.32 Å². The van der Waals surface area contributed by atoms with Crippen LogP contribution in [0.25, 0.3) is 0 Å². The predicted octanol–water partition coefficient (Wildman–Crippen LogP) is 2.26. The second-order valence-electron chi connectivity index (χ2n) is 5.53. The summed E-state index contributed by atoms with van der Waals surface area (Å²) in [6.07, 6.45) is -4.39. The van der Waals surface area contributed by atoms with E-state index in [1.54, 1.807) is 0 Å². The highest BCUT2D eigenvalue weighted by Crippen LogP contribution is 2.46. The molecule has 1 aromatic heterocycles. The summed E-state index contributed by atoms with van der Waals surface area (Å²) in [4.78, 5) is 15.9. The Morgan fingerprint density at radius 2 is 2.23 bits per heavy atom. The minimum Gasteiger partial charge on any atom is -0.390 e. The molecular weight excluding hydrogens is 301 g/mol. The van der Waals surface area contributed by atoms with Crippen molar-refractivity contribution in [1.29, 1.82) is 0 Å². The molecule has 2 heterocycles. The van der Waals surface area contributed by atoms with E-state index in [1.807, 2.05) is 0 Å². The maximum atomic E-state index is 13.1. The number of anilines is 1. The van der Waals surface area contributed by atoms with E-state index in [0.717, 1.165) is 6.92 Å². The molecule has 1 unspecified atom stereocenters. The van der Waals surface area contributed by atoms with Crippen LogP contribution in [0.5, 0.6) is 0 Å². The molecule has 2 rings (SSSR count). The lowest BCUT2D eigenvalue weighted by Crippen LogP contribution is -2.47. The van der Waals surface area contributed by atoms with Crippen molar-refractivity contribution >= 4 is 11.6 Å². The second kappa shape index (κ2) is 5.85. The maximum absolute atomic E-state index is 13.1. The van der Waals surface area contributed by atoms with Gasteiger partial charge in [-0.2, -0.15) is 13.2 Å². The Balaban J connectivity index is 2.05. The fourth-order valence-corrected chi connectivity index (χ4v) is 2.33. The van der Waals surface area contributed by atoms with Gasteiger partial charge in [-0.25, -0.2) is 0 Å². The van der Waals surface area contributed by atoms with Crippen LogP contribution >= 0.6 is 0 Å². The average molecular weight is 318 g/mol. The normalized spacial score (nSPS) is 28.6. The fourth-order valence-electron chi connectivity index (χ4n) is 2.33. The van der Waals surface area contributed by atoms with E-state index in [2.05, 4.69) is 10.3 Å². The summed E-state index contributed by atoms with van der Waals surface area (Å²) in [6, 6.07) is 3.02. The molecule has 1 saturated heterocycles. The number of hydrogen-bond donors (Lipinski definition) is 2. The molecule has 0 aromatic carbocycles. The number of halogens is 3. The molecule has 1 fully saturated rings. The van der Waals surface area contributed by atoms with Crippen molar-refractivity contribution in [3.8, 4) is 0 Å². The highest BCUT2D eigenvalue weighted by Gasteiger charge is 2.61. The molecule has 2 N–H and O–H groups in total. The summed E-state index contributed by atoms with van der Waals surface area (Å²) in [5.41, 5.74) is -1.57. The lowest BCUT2D eigenvalue weighted by atomic mass is 9.89. The number of aliphatic hydroxyl groups excluding tert-OH is 1. The quantitative estimate of drug-likeness (QED) is 0.897. The first-order valence-corrected chi connectivity index (χ1v) is 6.78. The number of ether oxygens (including phenoxy) is 1. The predicted molar refractivity (Wildman–Crippen MR) is 71.9 cm³/mol. The number of rotatable bonds is 3. The van der Waals surface area contributed by atoms with E-state index in [4.69, 9.17) is 9.84 Å². The summed E-state index contributed by atoms with van der Waals surface area (Å²) < 4.78 is 44.2. The Labute approximate surface area is 125 Å². The molecule has 0 spiro atoms. The Kier molecular flexibility index (Phi) is 4.44. The van der Waals surface area contributed by atoms with Gasteiger partial charge in [0.1, 0.15) is 6.10 Å². The molecule has 122 valence electrons. The molecular formula is C14H17F3N2O3. The van der Waals surface area contributed by atoms with Crippen molar-refractivity contribution in [1.82, 2.24) is 4.98 Å². The first kappa shape index (κ1) is 16.7. The van der Waals surface area contributed by atoms with Gasteiger partial charge in [-0.05, 0) is 31.4 Å². The monoisotopic (exact) mass is 318 g/mol. The third kappa shape index (κ3) is 3.07. The first-order valence-electron chi connectivity index (χ1n) is 6.78. The number of aromatic nitrogens is 1. The molecule has 0 radical (unpaired) electrons. The van der Waals surface area contributed by atoms with Gasteiger partial charge in [0, 0.05) is 0 Å². The minimum absolute atomic E-state index is 0.00993. The van der Waals surface area contributed by atoms with Gasteiger partial charge in [0.25, 0.3) is 5.91 Å². The van der Waals surface area contributed by atoms with Crippen LogP contribution in [-0.2, 0) is 16.1 Å². The summed E-state index contributed by atoms with van der Waals surface area (Å²) in [7, 11) is 0. The van der Waals surface area contributed by atoms with Crippen LogP contribution in [0, 0.1) is 5.92 Å². The summed E-state index contributed by atoms with van der Waals surface area (Å²) >= 11 is 0. The second-order valence-corrected chi connectivity index (χ2v) is 5.53. The number of aliphatic hydroxyl groups is 1. The molecule has 5 nitrogen and oxygen atoms in total. The van der Waals surface area contributed by atoms with E-state index in [-0.39, 0.29) is 13.0 Å². The number of carbonyl (C=O) groups is 1. The van der Waals surface area contributed by atoms with Crippen molar-refractivity contribution in [2.45, 2.75) is 44.8 Å². The number of nitrogens with one attached hydrogen (secondary N) is 1. The summed E-state index contributed by atoms with van der Waals surface area (Å²) in [5, 5.41) is 11.3. The Bertz CT molecular complexity index is 547. The number of hydrogen-bond acceptors (Lipinski definition) is 4. The van der Waals surface area contributed by atoms with Crippen molar-refractivity contribution in [3.63, 3.8) is 0 Å². The van der Waals surface area contributed by atoms with Crippen molar-refractivity contribution in [3.05, 3.63) is 24.0 Å². The first-order chi connectivity index (χ1) is 10.2. The lowest BCUT2D eigenvalue weighted by Gasteiger charge is -2.30. The number of pyridine rings is 1. The van der Waals surface area contributed by atoms with Gasteiger partial charge in [0.15, 0.2) is 5.60 Å². The minimum atomic E-state index is -4.54. The van der Waals surface area contributed by atoms with E-state index in [0.29, 0.717) is 11.4 Å². The fraction of sp³-hybridized carbons (Fsp3) is 0.571. The van der Waals surface area contributed by atoms with Crippen LogP contribution in [-0.4, -0.2) is 33.9 Å².